The molecular weight excluding hydrogens is 422 g/mol. The van der Waals surface area contributed by atoms with Crippen molar-refractivity contribution in [3.05, 3.63) is 0 Å². The molecule has 0 aromatic heterocycles. The lowest BCUT2D eigenvalue weighted by atomic mass is 9.84. The summed E-state index contributed by atoms with van der Waals surface area (Å²) in [4.78, 5) is 0. The largest absolute Gasteiger partial charge is 0.388 e. The van der Waals surface area contributed by atoms with Gasteiger partial charge in [-0.1, -0.05) is 0 Å². The maximum absolute atomic E-state index is 10.8. The number of nitrogens with two attached hydrogens (primary N) is 3. The highest BCUT2D eigenvalue weighted by Gasteiger charge is 2.50. The van der Waals surface area contributed by atoms with Crippen LogP contribution >= 0.6 is 0 Å². The van der Waals surface area contributed by atoms with Crippen LogP contribution in [0.4, 0.5) is 0 Å². The summed E-state index contributed by atoms with van der Waals surface area (Å²) >= 11 is 0. The van der Waals surface area contributed by atoms with Crippen molar-refractivity contribution in [3.63, 3.8) is 0 Å². The van der Waals surface area contributed by atoms with Crippen molar-refractivity contribution in [1.82, 2.24) is 0 Å². The summed E-state index contributed by atoms with van der Waals surface area (Å²) < 4.78 is 21.9. The third-order valence-electron chi connectivity index (χ3n) is 6.00. The Morgan fingerprint density at radius 2 is 1.26 bits per heavy atom. The van der Waals surface area contributed by atoms with E-state index in [1.54, 1.807) is 0 Å². The fraction of sp³-hybridized carbons (Fsp3) is 1.00. The van der Waals surface area contributed by atoms with E-state index in [2.05, 4.69) is 0 Å². The first-order valence-electron chi connectivity index (χ1n) is 10.1. The van der Waals surface area contributed by atoms with E-state index in [0.29, 0.717) is 0 Å². The summed E-state index contributed by atoms with van der Waals surface area (Å²) in [6.45, 7) is -0.463. The average molecular weight is 455 g/mol. The van der Waals surface area contributed by atoms with Gasteiger partial charge in [-0.25, -0.2) is 0 Å². The van der Waals surface area contributed by atoms with Crippen LogP contribution in [0.15, 0.2) is 0 Å². The van der Waals surface area contributed by atoms with E-state index in [0.717, 1.165) is 0 Å². The molecular formula is C17H33N3O11. The fourth-order valence-corrected chi connectivity index (χ4v) is 4.07. The van der Waals surface area contributed by atoms with Gasteiger partial charge in [-0.05, 0) is 6.42 Å². The van der Waals surface area contributed by atoms with Gasteiger partial charge < -0.3 is 71.9 Å². The molecule has 3 fully saturated rings. The van der Waals surface area contributed by atoms with E-state index in [1.165, 1.54) is 0 Å². The molecule has 31 heavy (non-hydrogen) atoms. The molecule has 1 saturated carbocycles. The van der Waals surface area contributed by atoms with Crippen LogP contribution in [0.5, 0.6) is 0 Å². The first-order chi connectivity index (χ1) is 14.6. The number of aliphatic hydroxyl groups excluding tert-OH is 7. The van der Waals surface area contributed by atoms with E-state index in [-0.39, 0.29) is 19.6 Å². The molecule has 0 aromatic carbocycles. The van der Waals surface area contributed by atoms with Crippen LogP contribution in [-0.2, 0) is 18.9 Å². The van der Waals surface area contributed by atoms with Crippen LogP contribution in [0.2, 0.25) is 0 Å². The molecule has 0 spiro atoms. The molecule has 0 aromatic rings. The quantitative estimate of drug-likeness (QED) is 0.185. The smallest absolute Gasteiger partial charge is 0.187 e. The lowest BCUT2D eigenvalue weighted by Gasteiger charge is -2.47. The molecule has 3 aliphatic rings. The van der Waals surface area contributed by atoms with Crippen molar-refractivity contribution in [3.8, 4) is 0 Å². The van der Waals surface area contributed by atoms with E-state index in [4.69, 9.17) is 36.1 Å². The Bertz CT molecular complexity index is 590. The van der Waals surface area contributed by atoms with Crippen LogP contribution < -0.4 is 17.2 Å². The van der Waals surface area contributed by atoms with Crippen LogP contribution in [0.1, 0.15) is 6.42 Å². The maximum Gasteiger partial charge on any atom is 0.187 e. The molecule has 14 heteroatoms. The topological polar surface area (TPSA) is 257 Å². The first-order valence-corrected chi connectivity index (χ1v) is 10.1. The highest BCUT2D eigenvalue weighted by atomic mass is 16.7. The number of rotatable bonds is 5. The van der Waals surface area contributed by atoms with Crippen molar-refractivity contribution in [2.24, 2.45) is 17.2 Å². The van der Waals surface area contributed by atoms with Crippen LogP contribution in [0.25, 0.3) is 0 Å². The third-order valence-corrected chi connectivity index (χ3v) is 6.00. The number of hydrogen-bond donors (Lipinski definition) is 10. The van der Waals surface area contributed by atoms with Crippen molar-refractivity contribution in [2.75, 3.05) is 13.2 Å². The maximum atomic E-state index is 10.8. The summed E-state index contributed by atoms with van der Waals surface area (Å²) in [5.41, 5.74) is 17.6. The summed E-state index contributed by atoms with van der Waals surface area (Å²) in [5.74, 6) is 0. The van der Waals surface area contributed by atoms with Crippen molar-refractivity contribution in [2.45, 2.75) is 92.1 Å². The van der Waals surface area contributed by atoms with E-state index < -0.39 is 85.7 Å². The fourth-order valence-electron chi connectivity index (χ4n) is 4.07. The molecule has 13 N–H and O–H groups in total. The molecule has 0 unspecified atom stereocenters. The lowest BCUT2D eigenvalue weighted by molar-refractivity contribution is -0.330. The zero-order chi connectivity index (χ0) is 23.0. The van der Waals surface area contributed by atoms with Gasteiger partial charge in [0.1, 0.15) is 61.0 Å². The molecule has 182 valence electrons. The Morgan fingerprint density at radius 3 is 1.84 bits per heavy atom. The second kappa shape index (κ2) is 10.1. The lowest BCUT2D eigenvalue weighted by Crippen LogP contribution is -2.67. The van der Waals surface area contributed by atoms with Crippen LogP contribution in [0.3, 0.4) is 0 Å². The van der Waals surface area contributed by atoms with Gasteiger partial charge in [0.15, 0.2) is 12.6 Å². The minimum absolute atomic E-state index is 0.106. The van der Waals surface area contributed by atoms with Gasteiger partial charge in [-0.3, -0.25) is 0 Å². The Balaban J connectivity index is 1.70. The van der Waals surface area contributed by atoms with Gasteiger partial charge in [0, 0.05) is 18.6 Å². The molecule has 3 rings (SSSR count). The number of aliphatic hydroxyl groups is 7. The third kappa shape index (κ3) is 5.02. The molecule has 14 atom stereocenters. The standard InChI is InChI=1S/C17H33N3O11/c18-2-7-9(23)10(24)12(26)17(29-7)31-15-5(20)1-4(19)14(13(15)27)30-16-11(25)8(22)6(21)3-28-16/h4-17,21-27H,1-3,18-20H2/t4-,5+,6-,7-,8+,9-,10+,11-,12-,13-,14+,15-,16-,17-/m1/s1. The monoisotopic (exact) mass is 455 g/mol. The predicted octanol–water partition coefficient (Wildman–Crippen LogP) is -6.62. The molecule has 0 radical (unpaired) electrons. The van der Waals surface area contributed by atoms with Gasteiger partial charge in [0.05, 0.1) is 6.61 Å². The molecule has 1 aliphatic carbocycles. The highest BCUT2D eigenvalue weighted by Crippen LogP contribution is 2.30. The van der Waals surface area contributed by atoms with Crippen LogP contribution in [0, 0.1) is 0 Å². The molecule has 0 amide bonds. The second-order valence-corrected chi connectivity index (χ2v) is 8.26. The summed E-state index contributed by atoms with van der Waals surface area (Å²) in [6.07, 6.45) is -16.7. The molecule has 2 saturated heterocycles. The minimum atomic E-state index is -1.65. The molecule has 14 nitrogen and oxygen atoms in total. The zero-order valence-electron chi connectivity index (χ0n) is 16.7. The van der Waals surface area contributed by atoms with Gasteiger partial charge in [-0.15, -0.1) is 0 Å². The molecule has 2 heterocycles. The summed E-state index contributed by atoms with van der Waals surface area (Å²) in [5, 5.41) is 70.4. The van der Waals surface area contributed by atoms with E-state index >= 15 is 0 Å². The predicted molar refractivity (Wildman–Crippen MR) is 99.8 cm³/mol. The number of ether oxygens (including phenoxy) is 4. The first kappa shape index (κ1) is 25.1. The zero-order valence-corrected chi connectivity index (χ0v) is 16.7. The normalized spacial score (nSPS) is 54.0. The van der Waals surface area contributed by atoms with E-state index in [1.807, 2.05) is 0 Å². The molecule has 2 aliphatic heterocycles. The van der Waals surface area contributed by atoms with Gasteiger partial charge in [0.25, 0.3) is 0 Å². The van der Waals surface area contributed by atoms with Crippen molar-refractivity contribution in [1.29, 1.82) is 0 Å². The average Bonchev–Trinajstić information content (AvgIpc) is 2.73. The van der Waals surface area contributed by atoms with Gasteiger partial charge in [-0.2, -0.15) is 0 Å². The summed E-state index contributed by atoms with van der Waals surface area (Å²) in [6, 6.07) is -1.61. The van der Waals surface area contributed by atoms with Gasteiger partial charge >= 0.3 is 0 Å². The Labute approximate surface area is 178 Å². The van der Waals surface area contributed by atoms with Crippen molar-refractivity contribution >= 4 is 0 Å². The Kier molecular flexibility index (Phi) is 8.21. The summed E-state index contributed by atoms with van der Waals surface area (Å²) in [7, 11) is 0. The Morgan fingerprint density at radius 1 is 0.710 bits per heavy atom. The van der Waals surface area contributed by atoms with Gasteiger partial charge in [0.2, 0.25) is 0 Å². The number of hydrogen-bond acceptors (Lipinski definition) is 14. The second-order valence-electron chi connectivity index (χ2n) is 8.26. The minimum Gasteiger partial charge on any atom is -0.388 e. The SMILES string of the molecule is NC[C@H]1O[C@H](O[C@H]2[C@H](O)[C@@H](O[C@H]3OC[C@@H](O)[C@H](O)[C@H]3O)[C@H](N)C[C@@H]2N)[C@H](O)[C@@H](O)[C@@H]1O. The molecule has 0 bridgehead atoms. The van der Waals surface area contributed by atoms with Crippen molar-refractivity contribution < 1.29 is 54.7 Å². The highest BCUT2D eigenvalue weighted by molar-refractivity contribution is 5.00. The van der Waals surface area contributed by atoms with E-state index in [9.17, 15) is 35.7 Å². The Hall–Kier alpha value is -0.560. The van der Waals surface area contributed by atoms with Crippen LogP contribution in [-0.4, -0.2) is 135 Å².